The molecule has 9 nitrogen and oxygen atoms in total. The van der Waals surface area contributed by atoms with Crippen LogP contribution in [0.1, 0.15) is 6.42 Å². The first-order valence-corrected chi connectivity index (χ1v) is 7.39. The standard InChI is InChI=1S/C10H14N4O5S/c1-12-6-11-8-7(12)9(15)14(10(16)13(8)2)4-3-5-20(17,18)19/h6H,3-5H2,1-2H3,(H,17,18,19). The van der Waals surface area contributed by atoms with Crippen molar-refractivity contribution in [3.8, 4) is 0 Å². The molecule has 0 aliphatic rings. The SMILES string of the molecule is Cn1cnc2c1c(=O)n(CCCS(=O)(=O)O)c(=O)n2C. The summed E-state index contributed by atoms with van der Waals surface area (Å²) in [4.78, 5) is 28.2. The van der Waals surface area contributed by atoms with Gasteiger partial charge in [0.05, 0.1) is 12.1 Å². The lowest BCUT2D eigenvalue weighted by Crippen LogP contribution is -2.39. The summed E-state index contributed by atoms with van der Waals surface area (Å²) in [5, 5.41) is 0. The number of hydrogen-bond donors (Lipinski definition) is 1. The van der Waals surface area contributed by atoms with Crippen LogP contribution in [0.15, 0.2) is 15.9 Å². The Morgan fingerprint density at radius 3 is 2.55 bits per heavy atom. The molecule has 10 heteroatoms. The van der Waals surface area contributed by atoms with E-state index in [1.54, 1.807) is 7.05 Å². The molecule has 0 atom stereocenters. The van der Waals surface area contributed by atoms with Crippen molar-refractivity contribution in [1.29, 1.82) is 0 Å². The summed E-state index contributed by atoms with van der Waals surface area (Å²) in [5.74, 6) is -0.508. The predicted octanol–water partition coefficient (Wildman–Crippen LogP) is -1.29. The molecule has 2 heterocycles. The number of aryl methyl sites for hydroxylation is 2. The lowest BCUT2D eigenvalue weighted by molar-refractivity contribution is 0.476. The Balaban J connectivity index is 2.51. The van der Waals surface area contributed by atoms with Crippen molar-refractivity contribution < 1.29 is 13.0 Å². The first-order chi connectivity index (χ1) is 9.22. The van der Waals surface area contributed by atoms with Crippen molar-refractivity contribution in [3.05, 3.63) is 27.2 Å². The van der Waals surface area contributed by atoms with Crippen LogP contribution in [0.5, 0.6) is 0 Å². The van der Waals surface area contributed by atoms with Crippen molar-refractivity contribution >= 4 is 21.3 Å². The second kappa shape index (κ2) is 4.87. The van der Waals surface area contributed by atoms with Gasteiger partial charge in [-0.15, -0.1) is 0 Å². The van der Waals surface area contributed by atoms with Gasteiger partial charge in [0.2, 0.25) is 0 Å². The van der Waals surface area contributed by atoms with Gasteiger partial charge in [-0.1, -0.05) is 0 Å². The van der Waals surface area contributed by atoms with Crippen molar-refractivity contribution in [2.75, 3.05) is 5.75 Å². The molecule has 0 amide bonds. The normalized spacial score (nSPS) is 12.2. The van der Waals surface area contributed by atoms with Crippen LogP contribution in [0.3, 0.4) is 0 Å². The first kappa shape index (κ1) is 14.5. The third-order valence-corrected chi connectivity index (χ3v) is 3.79. The fourth-order valence-electron chi connectivity index (χ4n) is 2.00. The van der Waals surface area contributed by atoms with Gasteiger partial charge in [-0.3, -0.25) is 18.5 Å². The van der Waals surface area contributed by atoms with Gasteiger partial charge in [0.15, 0.2) is 11.2 Å². The number of aromatic nitrogens is 4. The van der Waals surface area contributed by atoms with E-state index in [2.05, 4.69) is 4.98 Å². The van der Waals surface area contributed by atoms with Crippen molar-refractivity contribution in [1.82, 2.24) is 18.7 Å². The van der Waals surface area contributed by atoms with E-state index in [0.29, 0.717) is 0 Å². The lowest BCUT2D eigenvalue weighted by Gasteiger charge is -2.07. The van der Waals surface area contributed by atoms with Crippen LogP contribution in [-0.2, 0) is 30.8 Å². The Labute approximate surface area is 113 Å². The van der Waals surface area contributed by atoms with Crippen LogP contribution >= 0.6 is 0 Å². The van der Waals surface area contributed by atoms with Gasteiger partial charge in [0.25, 0.3) is 15.7 Å². The molecular weight excluding hydrogens is 288 g/mol. The second-order valence-corrected chi connectivity index (χ2v) is 6.04. The minimum atomic E-state index is -4.11. The van der Waals surface area contributed by atoms with Crippen LogP contribution in [0.2, 0.25) is 0 Å². The van der Waals surface area contributed by atoms with Crippen LogP contribution < -0.4 is 11.2 Å². The maximum Gasteiger partial charge on any atom is 0.332 e. The Hall–Kier alpha value is -1.94. The quantitative estimate of drug-likeness (QED) is 0.703. The van der Waals surface area contributed by atoms with E-state index >= 15 is 0 Å². The fourth-order valence-corrected chi connectivity index (χ4v) is 2.49. The number of nitrogens with zero attached hydrogens (tertiary/aromatic N) is 4. The zero-order valence-electron chi connectivity index (χ0n) is 11.0. The maximum atomic E-state index is 12.2. The third kappa shape index (κ3) is 2.51. The molecule has 0 saturated heterocycles. The highest BCUT2D eigenvalue weighted by Crippen LogP contribution is 2.03. The Morgan fingerprint density at radius 1 is 1.30 bits per heavy atom. The molecule has 0 unspecified atom stereocenters. The molecule has 20 heavy (non-hydrogen) atoms. The minimum Gasteiger partial charge on any atom is -0.328 e. The fraction of sp³-hybridized carbons (Fsp3) is 0.500. The van der Waals surface area contributed by atoms with Crippen molar-refractivity contribution in [3.63, 3.8) is 0 Å². The van der Waals surface area contributed by atoms with Gasteiger partial charge in [-0.2, -0.15) is 8.42 Å². The molecule has 110 valence electrons. The zero-order valence-corrected chi connectivity index (χ0v) is 11.8. The smallest absolute Gasteiger partial charge is 0.328 e. The van der Waals surface area contributed by atoms with E-state index < -0.39 is 27.1 Å². The van der Waals surface area contributed by atoms with E-state index in [4.69, 9.17) is 4.55 Å². The monoisotopic (exact) mass is 302 g/mol. The summed E-state index contributed by atoms with van der Waals surface area (Å²) < 4.78 is 33.6. The molecule has 2 aromatic heterocycles. The lowest BCUT2D eigenvalue weighted by atomic mass is 10.4. The molecule has 0 saturated carbocycles. The average molecular weight is 302 g/mol. The van der Waals surface area contributed by atoms with Gasteiger partial charge in [-0.05, 0) is 6.42 Å². The number of rotatable bonds is 4. The predicted molar refractivity (Wildman–Crippen MR) is 71.2 cm³/mol. The van der Waals surface area contributed by atoms with Gasteiger partial charge < -0.3 is 4.57 Å². The average Bonchev–Trinajstić information content (AvgIpc) is 2.72. The van der Waals surface area contributed by atoms with Crippen molar-refractivity contribution in [2.24, 2.45) is 14.1 Å². The van der Waals surface area contributed by atoms with Gasteiger partial charge in [0.1, 0.15) is 0 Å². The van der Waals surface area contributed by atoms with Gasteiger partial charge in [0, 0.05) is 20.6 Å². The maximum absolute atomic E-state index is 12.2. The topological polar surface area (TPSA) is 116 Å². The summed E-state index contributed by atoms with van der Waals surface area (Å²) in [7, 11) is -1.00. The Morgan fingerprint density at radius 2 is 1.95 bits per heavy atom. The number of imidazole rings is 1. The van der Waals surface area contributed by atoms with E-state index in [1.165, 1.54) is 22.5 Å². The Kier molecular flexibility index (Phi) is 3.52. The molecular formula is C10H14N4O5S. The van der Waals surface area contributed by atoms with Gasteiger partial charge in [-0.25, -0.2) is 9.78 Å². The van der Waals surface area contributed by atoms with E-state index in [1.807, 2.05) is 0 Å². The highest BCUT2D eigenvalue weighted by atomic mass is 32.2. The molecule has 2 aromatic rings. The minimum absolute atomic E-state index is 0.0304. The molecule has 0 spiro atoms. The summed E-state index contributed by atoms with van der Waals surface area (Å²) in [6.45, 7) is -0.0909. The molecule has 0 aliphatic heterocycles. The molecule has 2 rings (SSSR count). The second-order valence-electron chi connectivity index (χ2n) is 4.47. The Bertz CT molecular complexity index is 873. The molecule has 0 aliphatic carbocycles. The first-order valence-electron chi connectivity index (χ1n) is 5.78. The van der Waals surface area contributed by atoms with Crippen molar-refractivity contribution in [2.45, 2.75) is 13.0 Å². The summed E-state index contributed by atoms with van der Waals surface area (Å²) in [6.07, 6.45) is 1.39. The molecule has 1 N–H and O–H groups in total. The number of hydrogen-bond acceptors (Lipinski definition) is 5. The van der Waals surface area contributed by atoms with Crippen LogP contribution in [0.4, 0.5) is 0 Å². The highest BCUT2D eigenvalue weighted by molar-refractivity contribution is 7.85. The molecule has 0 bridgehead atoms. The van der Waals surface area contributed by atoms with E-state index in [0.717, 1.165) is 4.57 Å². The van der Waals surface area contributed by atoms with E-state index in [9.17, 15) is 18.0 Å². The summed E-state index contributed by atoms with van der Waals surface area (Å²) >= 11 is 0. The largest absolute Gasteiger partial charge is 0.332 e. The van der Waals surface area contributed by atoms with E-state index in [-0.39, 0.29) is 24.1 Å². The highest BCUT2D eigenvalue weighted by Gasteiger charge is 2.15. The van der Waals surface area contributed by atoms with Crippen LogP contribution in [0, 0.1) is 0 Å². The zero-order chi connectivity index (χ0) is 15.1. The number of fused-ring (bicyclic) bond motifs is 1. The van der Waals surface area contributed by atoms with Crippen LogP contribution in [0.25, 0.3) is 11.2 Å². The molecule has 0 radical (unpaired) electrons. The third-order valence-electron chi connectivity index (χ3n) is 2.99. The molecule has 0 fully saturated rings. The van der Waals surface area contributed by atoms with Gasteiger partial charge >= 0.3 is 5.69 Å². The van der Waals surface area contributed by atoms with Crippen LogP contribution in [-0.4, -0.2) is 37.4 Å². The molecule has 0 aromatic carbocycles. The summed E-state index contributed by atoms with van der Waals surface area (Å²) in [5.41, 5.74) is -0.567. The summed E-state index contributed by atoms with van der Waals surface area (Å²) in [6, 6.07) is 0.